The summed E-state index contributed by atoms with van der Waals surface area (Å²) in [6.45, 7) is 6.84. The Balaban J connectivity index is 1.23. The van der Waals surface area contributed by atoms with Gasteiger partial charge in [0.25, 0.3) is 5.91 Å². The lowest BCUT2D eigenvalue weighted by atomic mass is 9.80. The molecule has 2 aliphatic heterocycles. The Bertz CT molecular complexity index is 1650. The highest BCUT2D eigenvalue weighted by atomic mass is 19.1. The summed E-state index contributed by atoms with van der Waals surface area (Å²) < 4.78 is 16.2. The first kappa shape index (κ1) is 25.2. The smallest absolute Gasteiger partial charge is 0.255 e. The number of nitrogens with one attached hydrogen (secondary N) is 1. The summed E-state index contributed by atoms with van der Waals surface area (Å²) in [4.78, 5) is 26.3. The average Bonchev–Trinajstić information content (AvgIpc) is 2.93. The average molecular weight is 520 g/mol. The van der Waals surface area contributed by atoms with Crippen LogP contribution >= 0.6 is 0 Å². The predicted octanol–water partition coefficient (Wildman–Crippen LogP) is 4.90. The van der Waals surface area contributed by atoms with Crippen LogP contribution in [0.3, 0.4) is 0 Å². The quantitative estimate of drug-likeness (QED) is 0.382. The molecule has 7 heteroatoms. The van der Waals surface area contributed by atoms with Gasteiger partial charge in [-0.1, -0.05) is 24.0 Å². The van der Waals surface area contributed by atoms with E-state index in [0.29, 0.717) is 23.4 Å². The molecule has 3 heterocycles. The zero-order chi connectivity index (χ0) is 27.1. The van der Waals surface area contributed by atoms with Crippen LogP contribution in [0, 0.1) is 18.8 Å². The number of benzene rings is 3. The summed E-state index contributed by atoms with van der Waals surface area (Å²) in [5.41, 5.74) is 5.38. The molecule has 196 valence electrons. The van der Waals surface area contributed by atoms with Gasteiger partial charge in [0.1, 0.15) is 5.67 Å². The number of rotatable bonds is 2. The van der Waals surface area contributed by atoms with E-state index in [1.165, 1.54) is 0 Å². The van der Waals surface area contributed by atoms with Crippen molar-refractivity contribution >= 4 is 22.6 Å². The van der Waals surface area contributed by atoms with Gasteiger partial charge < -0.3 is 10.2 Å². The van der Waals surface area contributed by atoms with Crippen LogP contribution in [-0.4, -0.2) is 58.4 Å². The van der Waals surface area contributed by atoms with Crippen LogP contribution in [-0.2, 0) is 12.2 Å². The number of hydrogen-bond donors (Lipinski definition) is 1. The maximum atomic E-state index is 16.2. The number of halogens is 1. The number of carbonyl (C=O) groups excluding carboxylic acids is 1. The highest BCUT2D eigenvalue weighted by molar-refractivity contribution is 6.04. The zero-order valence-corrected chi connectivity index (χ0v) is 22.3. The second kappa shape index (κ2) is 9.88. The molecule has 1 N–H and O–H groups in total. The summed E-state index contributed by atoms with van der Waals surface area (Å²) in [6.07, 6.45) is 3.32. The highest BCUT2D eigenvalue weighted by Gasteiger charge is 2.46. The van der Waals surface area contributed by atoms with Crippen molar-refractivity contribution in [3.8, 4) is 11.8 Å². The third-order valence-corrected chi connectivity index (χ3v) is 7.90. The van der Waals surface area contributed by atoms with Crippen molar-refractivity contribution in [1.29, 1.82) is 0 Å². The van der Waals surface area contributed by atoms with Crippen molar-refractivity contribution in [3.63, 3.8) is 0 Å². The molecule has 2 atom stereocenters. The van der Waals surface area contributed by atoms with E-state index in [9.17, 15) is 4.79 Å². The topological polar surface area (TPSA) is 61.4 Å². The number of hydrogen-bond acceptors (Lipinski definition) is 5. The SMILES string of the molecule is Cc1ccc(C(=O)Nc2ccc3c(c2)C(C)(F)C2CN(C)CCN2C3)cc1C#Cc1ccc2nccnc2c1. The van der Waals surface area contributed by atoms with Gasteiger partial charge >= 0.3 is 0 Å². The molecule has 1 amide bonds. The van der Waals surface area contributed by atoms with Crippen LogP contribution in [0.5, 0.6) is 0 Å². The van der Waals surface area contributed by atoms with Crippen molar-refractivity contribution in [1.82, 2.24) is 19.8 Å². The Labute approximate surface area is 227 Å². The van der Waals surface area contributed by atoms with Crippen LogP contribution in [0.1, 0.15) is 45.1 Å². The number of aryl methyl sites for hydroxylation is 1. The van der Waals surface area contributed by atoms with Crippen LogP contribution in [0.25, 0.3) is 11.0 Å². The number of carbonyl (C=O) groups is 1. The summed E-state index contributed by atoms with van der Waals surface area (Å²) in [6, 6.07) is 16.6. The minimum atomic E-state index is -1.51. The maximum Gasteiger partial charge on any atom is 0.255 e. The molecular formula is C32H30FN5O. The number of amides is 1. The standard InChI is InChI=1S/C32H30FN5O/c1-21-4-7-24(17-23(21)8-5-22-6-11-28-29(16-22)35-13-12-34-28)31(39)36-26-10-9-25-19-38-15-14-37(3)20-30(38)32(2,33)27(25)18-26/h4,6-7,9-13,16-18,30H,14-15,19-20H2,1-3H3,(H,36,39). The molecule has 0 spiro atoms. The molecule has 6 rings (SSSR count). The molecule has 1 fully saturated rings. The van der Waals surface area contributed by atoms with Gasteiger partial charge in [-0.2, -0.15) is 0 Å². The van der Waals surface area contributed by atoms with Gasteiger partial charge in [-0.3, -0.25) is 19.7 Å². The first-order valence-corrected chi connectivity index (χ1v) is 13.2. The monoisotopic (exact) mass is 519 g/mol. The lowest BCUT2D eigenvalue weighted by molar-refractivity contribution is -0.0330. The number of alkyl halides is 1. The van der Waals surface area contributed by atoms with E-state index < -0.39 is 5.67 Å². The number of aromatic nitrogens is 2. The molecule has 6 nitrogen and oxygen atoms in total. The van der Waals surface area contributed by atoms with Crippen molar-refractivity contribution in [2.75, 3.05) is 32.0 Å². The third kappa shape index (κ3) is 4.89. The van der Waals surface area contributed by atoms with Gasteiger partial charge in [0.2, 0.25) is 0 Å². The Morgan fingerprint density at radius 2 is 1.85 bits per heavy atom. The Morgan fingerprint density at radius 1 is 1.03 bits per heavy atom. The molecule has 4 aromatic rings. The van der Waals surface area contributed by atoms with Gasteiger partial charge in [-0.05, 0) is 80.1 Å². The highest BCUT2D eigenvalue weighted by Crippen LogP contribution is 2.42. The van der Waals surface area contributed by atoms with Gasteiger partial charge in [-0.25, -0.2) is 4.39 Å². The normalized spacial score (nSPS) is 21.0. The number of anilines is 1. The van der Waals surface area contributed by atoms with Crippen LogP contribution in [0.4, 0.5) is 10.1 Å². The van der Waals surface area contributed by atoms with Crippen LogP contribution in [0.2, 0.25) is 0 Å². The first-order chi connectivity index (χ1) is 18.8. The fourth-order valence-electron chi connectivity index (χ4n) is 5.59. The van der Waals surface area contributed by atoms with Crippen LogP contribution in [0.15, 0.2) is 67.0 Å². The largest absolute Gasteiger partial charge is 0.322 e. The van der Waals surface area contributed by atoms with E-state index in [-0.39, 0.29) is 11.9 Å². The second-order valence-electron chi connectivity index (χ2n) is 10.7. The van der Waals surface area contributed by atoms with E-state index in [4.69, 9.17) is 0 Å². The van der Waals surface area contributed by atoms with Crippen molar-refractivity contribution < 1.29 is 9.18 Å². The van der Waals surface area contributed by atoms with Gasteiger partial charge in [0, 0.05) is 61.0 Å². The molecule has 2 aliphatic rings. The van der Waals surface area contributed by atoms with Crippen LogP contribution < -0.4 is 5.32 Å². The predicted molar refractivity (Wildman–Crippen MR) is 151 cm³/mol. The minimum absolute atomic E-state index is 0.206. The summed E-state index contributed by atoms with van der Waals surface area (Å²) in [5, 5.41) is 2.97. The van der Waals surface area contributed by atoms with Crippen molar-refractivity contribution in [2.45, 2.75) is 32.1 Å². The van der Waals surface area contributed by atoms with Crippen molar-refractivity contribution in [2.24, 2.45) is 0 Å². The van der Waals surface area contributed by atoms with Gasteiger partial charge in [0.05, 0.1) is 17.1 Å². The van der Waals surface area contributed by atoms with E-state index >= 15 is 4.39 Å². The molecule has 0 aliphatic carbocycles. The molecule has 0 radical (unpaired) electrons. The Morgan fingerprint density at radius 3 is 2.69 bits per heavy atom. The lowest BCUT2D eigenvalue weighted by Crippen LogP contribution is -2.60. The first-order valence-electron chi connectivity index (χ1n) is 13.2. The van der Waals surface area contributed by atoms with Gasteiger partial charge in [0.15, 0.2) is 0 Å². The lowest BCUT2D eigenvalue weighted by Gasteiger charge is -2.49. The summed E-state index contributed by atoms with van der Waals surface area (Å²) in [7, 11) is 2.04. The number of piperazine rings is 1. The van der Waals surface area contributed by atoms with E-state index in [1.54, 1.807) is 37.5 Å². The van der Waals surface area contributed by atoms with Gasteiger partial charge in [-0.15, -0.1) is 0 Å². The molecule has 0 bridgehead atoms. The van der Waals surface area contributed by atoms with Crippen molar-refractivity contribution in [3.05, 3.63) is 100 Å². The third-order valence-electron chi connectivity index (χ3n) is 7.90. The molecule has 1 aromatic heterocycles. The second-order valence-corrected chi connectivity index (χ2v) is 10.7. The van der Waals surface area contributed by atoms with E-state index in [2.05, 4.69) is 36.9 Å². The fourth-order valence-corrected chi connectivity index (χ4v) is 5.59. The minimum Gasteiger partial charge on any atom is -0.322 e. The zero-order valence-electron chi connectivity index (χ0n) is 22.3. The fraction of sp³-hybridized carbons (Fsp3) is 0.281. The summed E-state index contributed by atoms with van der Waals surface area (Å²) >= 11 is 0. The Hall–Kier alpha value is -4.12. The van der Waals surface area contributed by atoms with E-state index in [0.717, 1.165) is 52.9 Å². The molecule has 3 aromatic carbocycles. The molecule has 2 unspecified atom stereocenters. The molecule has 1 saturated heterocycles. The molecule has 39 heavy (non-hydrogen) atoms. The van der Waals surface area contributed by atoms with E-state index in [1.807, 2.05) is 50.4 Å². The maximum absolute atomic E-state index is 16.2. The number of likely N-dealkylation sites (N-methyl/N-ethyl adjacent to an activating group) is 1. The Kier molecular flexibility index (Phi) is 6.38. The number of fused-ring (bicyclic) bond motifs is 3. The molecule has 0 saturated carbocycles. The summed E-state index contributed by atoms with van der Waals surface area (Å²) in [5.74, 6) is 6.12. The number of nitrogens with zero attached hydrogens (tertiary/aromatic N) is 4. The molecular weight excluding hydrogens is 489 g/mol.